The first kappa shape index (κ1) is 12.3. The molecule has 3 N–H and O–H groups in total. The van der Waals surface area contributed by atoms with Crippen LogP contribution in [0.3, 0.4) is 0 Å². The van der Waals surface area contributed by atoms with Crippen LogP contribution in [0.1, 0.15) is 18.9 Å². The van der Waals surface area contributed by atoms with Crippen molar-refractivity contribution < 1.29 is 10.2 Å². The number of rotatable bonds is 5. The molecule has 0 aliphatic heterocycles. The average molecular weight is 230 g/mol. The highest BCUT2D eigenvalue weighted by molar-refractivity contribution is 6.30. The van der Waals surface area contributed by atoms with Gasteiger partial charge in [0.25, 0.3) is 0 Å². The molecule has 0 spiro atoms. The van der Waals surface area contributed by atoms with Crippen LogP contribution in [-0.4, -0.2) is 22.9 Å². The van der Waals surface area contributed by atoms with Gasteiger partial charge < -0.3 is 15.5 Å². The van der Waals surface area contributed by atoms with Gasteiger partial charge in [-0.1, -0.05) is 11.6 Å². The third-order valence-electron chi connectivity index (χ3n) is 2.10. The third-order valence-corrected chi connectivity index (χ3v) is 2.33. The van der Waals surface area contributed by atoms with Crippen LogP contribution < -0.4 is 5.32 Å². The zero-order valence-corrected chi connectivity index (χ0v) is 9.46. The summed E-state index contributed by atoms with van der Waals surface area (Å²) in [5, 5.41) is 22.3. The molecule has 0 saturated carbocycles. The largest absolute Gasteiger partial charge is 0.508 e. The van der Waals surface area contributed by atoms with Gasteiger partial charge in [0, 0.05) is 17.1 Å². The Kier molecular flexibility index (Phi) is 4.88. The summed E-state index contributed by atoms with van der Waals surface area (Å²) in [6, 6.07) is 4.95. The molecular weight excluding hydrogens is 214 g/mol. The fourth-order valence-electron chi connectivity index (χ4n) is 1.23. The Balaban J connectivity index is 2.40. The van der Waals surface area contributed by atoms with Gasteiger partial charge in [-0.3, -0.25) is 0 Å². The summed E-state index contributed by atoms with van der Waals surface area (Å²) in [6.07, 6.45) is 0.395. The molecule has 0 bridgehead atoms. The highest BCUT2D eigenvalue weighted by Gasteiger charge is 2.01. The predicted molar refractivity (Wildman–Crippen MR) is 61.1 cm³/mol. The minimum atomic E-state index is -0.301. The van der Waals surface area contributed by atoms with E-state index in [1.807, 2.05) is 0 Å². The van der Waals surface area contributed by atoms with Gasteiger partial charge in [0.05, 0.1) is 6.10 Å². The van der Waals surface area contributed by atoms with E-state index in [4.69, 9.17) is 16.7 Å². The summed E-state index contributed by atoms with van der Waals surface area (Å²) >= 11 is 5.80. The highest BCUT2D eigenvalue weighted by Crippen LogP contribution is 2.20. The number of nitrogens with one attached hydrogen (secondary N) is 1. The van der Waals surface area contributed by atoms with E-state index < -0.39 is 0 Å². The van der Waals surface area contributed by atoms with Crippen LogP contribution in [-0.2, 0) is 6.54 Å². The lowest BCUT2D eigenvalue weighted by atomic mass is 10.2. The highest BCUT2D eigenvalue weighted by atomic mass is 35.5. The molecule has 15 heavy (non-hydrogen) atoms. The van der Waals surface area contributed by atoms with E-state index in [0.29, 0.717) is 24.5 Å². The third kappa shape index (κ3) is 4.51. The summed E-state index contributed by atoms with van der Waals surface area (Å²) in [7, 11) is 0. The molecule has 3 nitrogen and oxygen atoms in total. The number of benzene rings is 1. The number of aromatic hydroxyl groups is 1. The van der Waals surface area contributed by atoms with Gasteiger partial charge in [0.15, 0.2) is 0 Å². The van der Waals surface area contributed by atoms with Gasteiger partial charge in [-0.2, -0.15) is 0 Å². The number of halogens is 1. The van der Waals surface area contributed by atoms with E-state index in [-0.39, 0.29) is 11.9 Å². The van der Waals surface area contributed by atoms with Gasteiger partial charge in [-0.05, 0) is 38.1 Å². The molecule has 0 aliphatic carbocycles. The summed E-state index contributed by atoms with van der Waals surface area (Å²) in [6.45, 7) is 3.02. The molecule has 1 aromatic carbocycles. The van der Waals surface area contributed by atoms with E-state index in [0.717, 1.165) is 5.56 Å². The van der Waals surface area contributed by atoms with E-state index in [1.165, 1.54) is 0 Å². The standard InChI is InChI=1S/C11H16ClNO2/c1-8(14)4-5-13-7-9-6-10(12)2-3-11(9)15/h2-3,6,8,13-15H,4-5,7H2,1H3/t8-/m0/s1. The first-order valence-corrected chi connectivity index (χ1v) is 5.33. The lowest BCUT2D eigenvalue weighted by Gasteiger charge is -2.08. The number of phenolic OH excluding ortho intramolecular Hbond substituents is 1. The Morgan fingerprint density at radius 1 is 1.47 bits per heavy atom. The maximum Gasteiger partial charge on any atom is 0.120 e. The van der Waals surface area contributed by atoms with Gasteiger partial charge in [-0.25, -0.2) is 0 Å². The van der Waals surface area contributed by atoms with E-state index in [2.05, 4.69) is 5.32 Å². The Morgan fingerprint density at radius 3 is 2.87 bits per heavy atom. The molecule has 0 fully saturated rings. The molecule has 0 heterocycles. The van der Waals surface area contributed by atoms with Gasteiger partial charge in [0.1, 0.15) is 5.75 Å². The quantitative estimate of drug-likeness (QED) is 0.676. The van der Waals surface area contributed by atoms with Crippen molar-refractivity contribution in [3.8, 4) is 5.75 Å². The normalized spacial score (nSPS) is 12.7. The molecule has 0 aromatic heterocycles. The summed E-state index contributed by atoms with van der Waals surface area (Å²) in [5.74, 6) is 0.240. The number of hydrogen-bond donors (Lipinski definition) is 3. The maximum absolute atomic E-state index is 9.50. The second-order valence-corrected chi connectivity index (χ2v) is 4.02. The van der Waals surface area contributed by atoms with Crippen LogP contribution in [0, 0.1) is 0 Å². The molecule has 1 rings (SSSR count). The average Bonchev–Trinajstić information content (AvgIpc) is 2.17. The molecule has 1 aromatic rings. The molecule has 0 amide bonds. The Bertz CT molecular complexity index is 315. The van der Waals surface area contributed by atoms with Crippen LogP contribution in [0.25, 0.3) is 0 Å². The number of aliphatic hydroxyl groups excluding tert-OH is 1. The predicted octanol–water partition coefficient (Wildman–Crippen LogP) is 1.91. The zero-order valence-electron chi connectivity index (χ0n) is 8.70. The maximum atomic E-state index is 9.50. The van der Waals surface area contributed by atoms with Crippen molar-refractivity contribution >= 4 is 11.6 Å². The van der Waals surface area contributed by atoms with Crippen molar-refractivity contribution in [2.24, 2.45) is 0 Å². The summed E-state index contributed by atoms with van der Waals surface area (Å²) in [4.78, 5) is 0. The van der Waals surface area contributed by atoms with Crippen molar-refractivity contribution in [1.29, 1.82) is 0 Å². The number of phenols is 1. The van der Waals surface area contributed by atoms with Gasteiger partial charge >= 0.3 is 0 Å². The first-order valence-electron chi connectivity index (χ1n) is 4.96. The van der Waals surface area contributed by atoms with Crippen molar-refractivity contribution in [3.05, 3.63) is 28.8 Å². The fraction of sp³-hybridized carbons (Fsp3) is 0.455. The Hall–Kier alpha value is -0.770. The summed E-state index contributed by atoms with van der Waals surface area (Å²) in [5.41, 5.74) is 0.771. The van der Waals surface area contributed by atoms with E-state index in [9.17, 15) is 5.11 Å². The van der Waals surface area contributed by atoms with E-state index >= 15 is 0 Å². The Labute approximate surface area is 94.7 Å². The van der Waals surface area contributed by atoms with Crippen molar-refractivity contribution in [3.63, 3.8) is 0 Å². The molecular formula is C11H16ClNO2. The van der Waals surface area contributed by atoms with Crippen molar-refractivity contribution in [1.82, 2.24) is 5.32 Å². The number of aliphatic hydroxyl groups is 1. The molecule has 84 valence electrons. The monoisotopic (exact) mass is 229 g/mol. The van der Waals surface area contributed by atoms with Crippen LogP contribution >= 0.6 is 11.6 Å². The van der Waals surface area contributed by atoms with Gasteiger partial charge in [-0.15, -0.1) is 0 Å². The van der Waals surface area contributed by atoms with Crippen LogP contribution in [0.2, 0.25) is 5.02 Å². The molecule has 1 atom stereocenters. The minimum absolute atomic E-state index is 0.240. The smallest absolute Gasteiger partial charge is 0.120 e. The molecule has 0 radical (unpaired) electrons. The SMILES string of the molecule is C[C@H](O)CCNCc1cc(Cl)ccc1O. The van der Waals surface area contributed by atoms with Gasteiger partial charge in [0.2, 0.25) is 0 Å². The molecule has 0 unspecified atom stereocenters. The number of hydrogen-bond acceptors (Lipinski definition) is 3. The van der Waals surface area contributed by atoms with Crippen LogP contribution in [0.15, 0.2) is 18.2 Å². The van der Waals surface area contributed by atoms with Crippen LogP contribution in [0.5, 0.6) is 5.75 Å². The second-order valence-electron chi connectivity index (χ2n) is 3.59. The lowest BCUT2D eigenvalue weighted by molar-refractivity contribution is 0.183. The molecule has 0 saturated heterocycles. The topological polar surface area (TPSA) is 52.5 Å². The zero-order chi connectivity index (χ0) is 11.3. The van der Waals surface area contributed by atoms with Crippen molar-refractivity contribution in [2.75, 3.05) is 6.54 Å². The van der Waals surface area contributed by atoms with Crippen molar-refractivity contribution in [2.45, 2.75) is 26.0 Å². The second kappa shape index (κ2) is 5.95. The fourth-order valence-corrected chi connectivity index (χ4v) is 1.42. The molecule has 4 heteroatoms. The minimum Gasteiger partial charge on any atom is -0.508 e. The van der Waals surface area contributed by atoms with Crippen LogP contribution in [0.4, 0.5) is 0 Å². The lowest BCUT2D eigenvalue weighted by Crippen LogP contribution is -2.18. The summed E-state index contributed by atoms with van der Waals surface area (Å²) < 4.78 is 0. The Morgan fingerprint density at radius 2 is 2.20 bits per heavy atom. The molecule has 0 aliphatic rings. The van der Waals surface area contributed by atoms with E-state index in [1.54, 1.807) is 25.1 Å². The first-order chi connectivity index (χ1) is 7.09.